The van der Waals surface area contributed by atoms with Crippen molar-refractivity contribution < 1.29 is 14.3 Å². The van der Waals surface area contributed by atoms with Gasteiger partial charge in [-0.2, -0.15) is 0 Å². The Morgan fingerprint density at radius 2 is 1.84 bits per heavy atom. The molecule has 2 amide bonds. The summed E-state index contributed by atoms with van der Waals surface area (Å²) >= 11 is 6.66. The normalized spacial score (nSPS) is 10.5. The first-order valence-electron chi connectivity index (χ1n) is 10.0. The molecule has 3 aromatic rings. The number of aromatic nitrogens is 1. The topological polar surface area (TPSA) is 92.3 Å². The number of amides is 2. The van der Waals surface area contributed by atoms with Crippen LogP contribution >= 0.6 is 23.6 Å². The number of nitrogens with zero attached hydrogens (tertiary/aromatic N) is 1. The fraction of sp³-hybridized carbons (Fsp3) is 0.273. The van der Waals surface area contributed by atoms with E-state index < -0.39 is 0 Å². The van der Waals surface area contributed by atoms with Crippen molar-refractivity contribution in [1.82, 2.24) is 10.3 Å². The van der Waals surface area contributed by atoms with Gasteiger partial charge in [0.1, 0.15) is 5.75 Å². The highest BCUT2D eigenvalue weighted by atomic mass is 32.1. The van der Waals surface area contributed by atoms with Crippen LogP contribution in [0.4, 0.5) is 10.8 Å². The van der Waals surface area contributed by atoms with E-state index in [0.717, 1.165) is 34.5 Å². The van der Waals surface area contributed by atoms with Gasteiger partial charge in [0.2, 0.25) is 5.91 Å². The molecule has 31 heavy (non-hydrogen) atoms. The van der Waals surface area contributed by atoms with E-state index >= 15 is 0 Å². The molecule has 0 saturated carbocycles. The van der Waals surface area contributed by atoms with E-state index in [9.17, 15) is 9.59 Å². The summed E-state index contributed by atoms with van der Waals surface area (Å²) in [4.78, 5) is 28.6. The number of benzene rings is 2. The van der Waals surface area contributed by atoms with Crippen molar-refractivity contribution in [3.63, 3.8) is 0 Å². The lowest BCUT2D eigenvalue weighted by molar-refractivity contribution is -0.116. The molecule has 3 N–H and O–H groups in total. The molecule has 0 aliphatic rings. The van der Waals surface area contributed by atoms with Crippen LogP contribution in [-0.2, 0) is 4.79 Å². The summed E-state index contributed by atoms with van der Waals surface area (Å²) < 4.78 is 6.42. The maximum Gasteiger partial charge on any atom is 0.257 e. The SMILES string of the molecule is CCCOc1ccc(C(=O)NC(=S)Nc2ccc3nc(NC(=O)CCC)sc3c2)cc1. The molecule has 2 aromatic carbocycles. The molecule has 9 heteroatoms. The Morgan fingerprint density at radius 1 is 1.06 bits per heavy atom. The molecule has 0 fully saturated rings. The highest BCUT2D eigenvalue weighted by Gasteiger charge is 2.11. The molecule has 162 valence electrons. The second kappa shape index (κ2) is 10.8. The lowest BCUT2D eigenvalue weighted by atomic mass is 10.2. The summed E-state index contributed by atoms with van der Waals surface area (Å²) in [5.74, 6) is 0.371. The summed E-state index contributed by atoms with van der Waals surface area (Å²) in [6.45, 7) is 4.62. The number of ether oxygens (including phenoxy) is 1. The third kappa shape index (κ3) is 6.47. The second-order valence-corrected chi connectivity index (χ2v) is 8.22. The number of hydrogen-bond acceptors (Lipinski definition) is 6. The number of hydrogen-bond donors (Lipinski definition) is 3. The Morgan fingerprint density at radius 3 is 2.55 bits per heavy atom. The van der Waals surface area contributed by atoms with Gasteiger partial charge in [0, 0.05) is 17.7 Å². The summed E-state index contributed by atoms with van der Waals surface area (Å²) in [5.41, 5.74) is 1.98. The van der Waals surface area contributed by atoms with Crippen LogP contribution in [0.1, 0.15) is 43.5 Å². The fourth-order valence-electron chi connectivity index (χ4n) is 2.72. The molecule has 0 atom stereocenters. The third-order valence-corrected chi connectivity index (χ3v) is 5.32. The van der Waals surface area contributed by atoms with Crippen LogP contribution in [0.2, 0.25) is 0 Å². The van der Waals surface area contributed by atoms with Gasteiger partial charge >= 0.3 is 0 Å². The van der Waals surface area contributed by atoms with Crippen LogP contribution in [0.25, 0.3) is 10.2 Å². The zero-order valence-electron chi connectivity index (χ0n) is 17.4. The molecule has 1 aromatic heterocycles. The smallest absolute Gasteiger partial charge is 0.257 e. The van der Waals surface area contributed by atoms with Crippen molar-refractivity contribution in [2.75, 3.05) is 17.2 Å². The molecule has 1 heterocycles. The predicted octanol–water partition coefficient (Wildman–Crippen LogP) is 4.95. The van der Waals surface area contributed by atoms with Crippen LogP contribution in [0.3, 0.4) is 0 Å². The zero-order chi connectivity index (χ0) is 22.2. The van der Waals surface area contributed by atoms with Gasteiger partial charge < -0.3 is 15.4 Å². The largest absolute Gasteiger partial charge is 0.494 e. The predicted molar refractivity (Wildman–Crippen MR) is 129 cm³/mol. The Bertz CT molecular complexity index is 1080. The molecule has 0 aliphatic carbocycles. The molecule has 0 aliphatic heterocycles. The van der Waals surface area contributed by atoms with Gasteiger partial charge in [0.25, 0.3) is 5.91 Å². The Balaban J connectivity index is 1.59. The summed E-state index contributed by atoms with van der Waals surface area (Å²) in [6.07, 6.45) is 2.17. The number of thiazole rings is 1. The van der Waals surface area contributed by atoms with Gasteiger partial charge in [-0.3, -0.25) is 14.9 Å². The van der Waals surface area contributed by atoms with E-state index in [2.05, 4.69) is 20.9 Å². The summed E-state index contributed by atoms with van der Waals surface area (Å²) in [5, 5.41) is 9.25. The van der Waals surface area contributed by atoms with Crippen LogP contribution in [0.5, 0.6) is 5.75 Å². The van der Waals surface area contributed by atoms with Gasteiger partial charge in [-0.1, -0.05) is 25.2 Å². The second-order valence-electron chi connectivity index (χ2n) is 6.78. The molecule has 0 bridgehead atoms. The van der Waals surface area contributed by atoms with E-state index in [0.29, 0.717) is 23.7 Å². The van der Waals surface area contributed by atoms with Crippen molar-refractivity contribution in [3.05, 3.63) is 48.0 Å². The number of carbonyl (C=O) groups is 2. The first-order chi connectivity index (χ1) is 15.0. The number of carbonyl (C=O) groups excluding carboxylic acids is 2. The highest BCUT2D eigenvalue weighted by Crippen LogP contribution is 2.28. The van der Waals surface area contributed by atoms with E-state index in [-0.39, 0.29) is 16.9 Å². The molecule has 0 spiro atoms. The average Bonchev–Trinajstić information content (AvgIpc) is 3.14. The minimum absolute atomic E-state index is 0.0475. The summed E-state index contributed by atoms with van der Waals surface area (Å²) in [7, 11) is 0. The zero-order valence-corrected chi connectivity index (χ0v) is 19.0. The lowest BCUT2D eigenvalue weighted by Crippen LogP contribution is -2.34. The molecule has 7 nitrogen and oxygen atoms in total. The van der Waals surface area contributed by atoms with Gasteiger partial charge in [-0.05, 0) is 67.5 Å². The number of anilines is 2. The van der Waals surface area contributed by atoms with E-state index in [1.54, 1.807) is 24.3 Å². The molecular formula is C22H24N4O3S2. The number of fused-ring (bicyclic) bond motifs is 1. The number of rotatable bonds is 8. The Hall–Kier alpha value is -3.04. The van der Waals surface area contributed by atoms with Crippen molar-refractivity contribution in [1.29, 1.82) is 0 Å². The number of thiocarbonyl (C=S) groups is 1. The molecule has 0 unspecified atom stereocenters. The maximum absolute atomic E-state index is 12.4. The molecule has 3 rings (SSSR count). The Kier molecular flexibility index (Phi) is 7.91. The molecule has 0 radical (unpaired) electrons. The van der Waals surface area contributed by atoms with Crippen molar-refractivity contribution in [2.45, 2.75) is 33.1 Å². The van der Waals surface area contributed by atoms with Crippen LogP contribution in [0.15, 0.2) is 42.5 Å². The van der Waals surface area contributed by atoms with Crippen molar-refractivity contribution >= 4 is 61.5 Å². The number of nitrogens with one attached hydrogen (secondary N) is 3. The minimum Gasteiger partial charge on any atom is -0.494 e. The van der Waals surface area contributed by atoms with E-state index in [4.69, 9.17) is 17.0 Å². The van der Waals surface area contributed by atoms with Crippen LogP contribution in [0, 0.1) is 0 Å². The first-order valence-corrected chi connectivity index (χ1v) is 11.3. The van der Waals surface area contributed by atoms with Gasteiger partial charge in [-0.15, -0.1) is 0 Å². The van der Waals surface area contributed by atoms with Gasteiger partial charge in [0.05, 0.1) is 16.8 Å². The monoisotopic (exact) mass is 456 g/mol. The standard InChI is InChI=1S/C22H24N4O3S2/c1-3-5-19(27)25-22-24-17-11-8-15(13-18(17)31-22)23-21(30)26-20(28)14-6-9-16(10-7-14)29-12-4-2/h6-11,13H,3-5,12H2,1-2H3,(H,24,25,27)(H2,23,26,28,30). The van der Waals surface area contributed by atoms with Crippen LogP contribution < -0.4 is 20.7 Å². The van der Waals surface area contributed by atoms with Gasteiger partial charge in [-0.25, -0.2) is 4.98 Å². The maximum atomic E-state index is 12.4. The van der Waals surface area contributed by atoms with Gasteiger partial charge in [0.15, 0.2) is 10.2 Å². The van der Waals surface area contributed by atoms with Crippen molar-refractivity contribution in [2.24, 2.45) is 0 Å². The van der Waals surface area contributed by atoms with E-state index in [1.807, 2.05) is 32.0 Å². The molecule has 0 saturated heterocycles. The first kappa shape index (κ1) is 22.6. The quantitative estimate of drug-likeness (QED) is 0.415. The minimum atomic E-state index is -0.306. The van der Waals surface area contributed by atoms with Crippen molar-refractivity contribution in [3.8, 4) is 5.75 Å². The van der Waals surface area contributed by atoms with Crippen LogP contribution in [-0.4, -0.2) is 28.5 Å². The lowest BCUT2D eigenvalue weighted by Gasteiger charge is -2.10. The molecular weight excluding hydrogens is 432 g/mol. The fourth-order valence-corrected chi connectivity index (χ4v) is 3.86. The Labute approximate surface area is 190 Å². The highest BCUT2D eigenvalue weighted by molar-refractivity contribution is 7.80. The third-order valence-electron chi connectivity index (χ3n) is 4.19. The average molecular weight is 457 g/mol. The summed E-state index contributed by atoms with van der Waals surface area (Å²) in [6, 6.07) is 12.4. The van der Waals surface area contributed by atoms with E-state index in [1.165, 1.54) is 11.3 Å².